The molecule has 0 heterocycles. The summed E-state index contributed by atoms with van der Waals surface area (Å²) in [5.41, 5.74) is 0. The summed E-state index contributed by atoms with van der Waals surface area (Å²) in [5.74, 6) is 0. The second-order valence-electron chi connectivity index (χ2n) is 0.500. The molecule has 9 heavy (non-hydrogen) atoms. The van der Waals surface area contributed by atoms with Gasteiger partial charge >= 0.3 is 17.1 Å². The maximum absolute atomic E-state index is 8.89. The quantitative estimate of drug-likeness (QED) is 0.299. The molecule has 0 saturated heterocycles. The van der Waals surface area contributed by atoms with Gasteiger partial charge in [0, 0.05) is 0 Å². The Morgan fingerprint density at radius 2 is 1.67 bits per heavy atom. The molecule has 0 N–H and O–H groups in total. The molecule has 0 aromatic carbocycles. The average Bonchev–Trinajstić information content (AvgIpc) is 1.27. The zero-order chi connectivity index (χ0) is 7.21. The van der Waals surface area contributed by atoms with Crippen LogP contribution >= 0.6 is 0 Å². The van der Waals surface area contributed by atoms with Crippen molar-refractivity contribution >= 4 is 32.9 Å². The average molecular weight is 226 g/mol. The van der Waals surface area contributed by atoms with Gasteiger partial charge in [0.25, 0.3) is 0 Å². The van der Waals surface area contributed by atoms with Gasteiger partial charge in [0.05, 0.1) is 0 Å². The first-order valence-electron chi connectivity index (χ1n) is 1.09. The van der Waals surface area contributed by atoms with Crippen LogP contribution < -0.4 is 0 Å². The molecule has 0 aliphatic rings. The van der Waals surface area contributed by atoms with Crippen molar-refractivity contribution in [2.45, 2.75) is 0 Å². The second-order valence-corrected chi connectivity index (χ2v) is 2.72. The summed E-state index contributed by atoms with van der Waals surface area (Å²) in [4.78, 5) is 0. The van der Waals surface area contributed by atoms with Gasteiger partial charge in [0.15, 0.2) is 0 Å². The number of nitrogens with zero attached hydrogens (tertiary/aromatic N) is 1. The molecular formula is CFeNO3S3. The van der Waals surface area contributed by atoms with E-state index >= 15 is 0 Å². The Kier molecular flexibility index (Phi) is 15.4. The molecule has 0 atom stereocenters. The minimum Gasteiger partial charge on any atom is -0.780 e. The molecule has 0 amide bonds. The first kappa shape index (κ1) is 16.3. The Morgan fingerprint density at radius 3 is 1.67 bits per heavy atom. The predicted octanol–water partition coefficient (Wildman–Crippen LogP) is -0.995. The summed E-state index contributed by atoms with van der Waals surface area (Å²) >= 11 is 6.94. The zero-order valence-electron chi connectivity index (χ0n) is 3.75. The van der Waals surface area contributed by atoms with Crippen LogP contribution in [0.5, 0.6) is 0 Å². The number of thiocyanates is 1. The molecule has 4 nitrogen and oxygen atoms in total. The number of hydrogen-bond donors (Lipinski definition) is 0. The fourth-order valence-electron chi connectivity index (χ4n) is 0. The van der Waals surface area contributed by atoms with Gasteiger partial charge in [0.1, 0.15) is 0 Å². The van der Waals surface area contributed by atoms with E-state index < -0.39 is 9.05 Å². The molecule has 53 valence electrons. The van der Waals surface area contributed by atoms with Crippen LogP contribution in [0.4, 0.5) is 0 Å². The summed E-state index contributed by atoms with van der Waals surface area (Å²) in [6.07, 6.45) is 0. The van der Waals surface area contributed by atoms with E-state index in [0.29, 0.717) is 0 Å². The first-order chi connectivity index (χ1) is 3.41. The van der Waals surface area contributed by atoms with Crippen LogP contribution in [0.25, 0.3) is 0 Å². The van der Waals surface area contributed by atoms with Gasteiger partial charge in [0.2, 0.25) is 0 Å². The topological polar surface area (TPSA) is 87.0 Å². The molecular weight excluding hydrogens is 226 g/mol. The molecule has 0 bridgehead atoms. The Bertz CT molecular complexity index is 160. The van der Waals surface area contributed by atoms with E-state index in [9.17, 15) is 0 Å². The molecule has 0 aromatic heterocycles. The summed E-state index contributed by atoms with van der Waals surface area (Å²) in [6.45, 7) is 0. The molecule has 1 radical (unpaired) electrons. The standard InChI is InChI=1S/CHNS.Fe.H2O3S2/c2-1-3;;1-5(2,3)4/h3H;;(H2,1,2,3,4)/q;+3;/p-3. The molecule has 0 aromatic rings. The van der Waals surface area contributed by atoms with Crippen molar-refractivity contribution in [3.05, 3.63) is 0 Å². The monoisotopic (exact) mass is 226 g/mol. The smallest absolute Gasteiger partial charge is 0.780 e. The Morgan fingerprint density at radius 1 is 1.67 bits per heavy atom. The van der Waals surface area contributed by atoms with Gasteiger partial charge in [-0.15, -0.1) is 9.05 Å². The third-order valence-corrected chi connectivity index (χ3v) is 0. The fraction of sp³-hybridized carbons (Fsp3) is 0. The van der Waals surface area contributed by atoms with E-state index in [-0.39, 0.29) is 17.1 Å². The van der Waals surface area contributed by atoms with Gasteiger partial charge < -0.3 is 21.7 Å². The molecule has 0 aliphatic carbocycles. The second kappa shape index (κ2) is 8.52. The molecule has 8 heteroatoms. The van der Waals surface area contributed by atoms with Gasteiger partial charge in [-0.3, -0.25) is 4.21 Å². The molecule has 0 spiro atoms. The van der Waals surface area contributed by atoms with Gasteiger partial charge in [-0.25, -0.2) is 5.26 Å². The molecule has 0 unspecified atom stereocenters. The van der Waals surface area contributed by atoms with Gasteiger partial charge in [-0.05, 0) is 11.2 Å². The van der Waals surface area contributed by atoms with Crippen LogP contribution in [0.1, 0.15) is 0 Å². The van der Waals surface area contributed by atoms with Crippen LogP contribution in [0.15, 0.2) is 0 Å². The molecule has 0 rings (SSSR count). The van der Waals surface area contributed by atoms with Crippen molar-refractivity contribution in [2.75, 3.05) is 0 Å². The zero-order valence-corrected chi connectivity index (χ0v) is 7.30. The molecule has 0 fully saturated rings. The normalized spacial score (nSPS) is 7.22. The maximum atomic E-state index is 8.89. The van der Waals surface area contributed by atoms with Crippen LogP contribution in [-0.4, -0.2) is 13.3 Å². The number of rotatable bonds is 0. The minimum atomic E-state index is -4.33. The summed E-state index contributed by atoms with van der Waals surface area (Å²) < 4.78 is 26.7. The van der Waals surface area contributed by atoms with Crippen LogP contribution in [0.3, 0.4) is 0 Å². The largest absolute Gasteiger partial charge is 3.00 e. The number of hydrogen-bond acceptors (Lipinski definition) is 6. The molecule has 0 aliphatic heterocycles. The SMILES string of the molecule is N#C[S-].O=S([O-])([O-])=S.[Fe+3]. The number of nitriles is 1. The minimum absolute atomic E-state index is 0. The van der Waals surface area contributed by atoms with Gasteiger partial charge in [-0.1, -0.05) is 5.40 Å². The van der Waals surface area contributed by atoms with E-state index in [2.05, 4.69) is 23.8 Å². The Labute approximate surface area is 73.8 Å². The first-order valence-corrected chi connectivity index (χ1v) is 3.84. The maximum Gasteiger partial charge on any atom is 3.00 e. The van der Waals surface area contributed by atoms with Crippen LogP contribution in [0.2, 0.25) is 0 Å². The van der Waals surface area contributed by atoms with Crippen LogP contribution in [0, 0.1) is 10.7 Å². The van der Waals surface area contributed by atoms with E-state index in [4.69, 9.17) is 18.6 Å². The summed E-state index contributed by atoms with van der Waals surface area (Å²) in [6, 6.07) is 0. The van der Waals surface area contributed by atoms with E-state index in [1.54, 1.807) is 0 Å². The van der Waals surface area contributed by atoms with Crippen molar-refractivity contribution in [3.63, 3.8) is 0 Å². The summed E-state index contributed by atoms with van der Waals surface area (Å²) in [5, 5.41) is 8.47. The van der Waals surface area contributed by atoms with Crippen molar-refractivity contribution in [1.29, 1.82) is 5.26 Å². The van der Waals surface area contributed by atoms with E-state index in [1.165, 1.54) is 5.40 Å². The van der Waals surface area contributed by atoms with Crippen molar-refractivity contribution in [1.82, 2.24) is 0 Å². The van der Waals surface area contributed by atoms with E-state index in [0.717, 1.165) is 0 Å². The van der Waals surface area contributed by atoms with Gasteiger partial charge in [-0.2, -0.15) is 0 Å². The Hall–Kier alpha value is 0.519. The van der Waals surface area contributed by atoms with Crippen LogP contribution in [-0.2, 0) is 49.9 Å². The fourth-order valence-corrected chi connectivity index (χ4v) is 0. The molecule has 0 saturated carbocycles. The Balaban J connectivity index is -0.0000000800. The van der Waals surface area contributed by atoms with Crippen molar-refractivity contribution in [3.8, 4) is 5.40 Å². The third kappa shape index (κ3) is 1340. The van der Waals surface area contributed by atoms with Crippen molar-refractivity contribution in [2.24, 2.45) is 0 Å². The van der Waals surface area contributed by atoms with Crippen molar-refractivity contribution < 1.29 is 30.4 Å². The predicted molar refractivity (Wildman–Crippen MR) is 30.0 cm³/mol. The third-order valence-electron chi connectivity index (χ3n) is 0. The summed E-state index contributed by atoms with van der Waals surface area (Å²) in [7, 11) is -4.33. The van der Waals surface area contributed by atoms with E-state index in [1.807, 2.05) is 0 Å².